The van der Waals surface area contributed by atoms with E-state index in [1.54, 1.807) is 33.9 Å². The van der Waals surface area contributed by atoms with Crippen LogP contribution in [0.25, 0.3) is 22.2 Å². The molecule has 0 radical (unpaired) electrons. The number of hydrogen-bond acceptors (Lipinski definition) is 10. The Morgan fingerprint density at radius 3 is 2.67 bits per heavy atom. The van der Waals surface area contributed by atoms with Crippen LogP contribution in [0.4, 0.5) is 5.95 Å². The molecule has 0 aliphatic carbocycles. The summed E-state index contributed by atoms with van der Waals surface area (Å²) in [5.74, 6) is 1.19. The number of amides is 1. The molecule has 3 aromatic rings. The largest absolute Gasteiger partial charge is 0.497 e. The molecule has 0 bridgehead atoms. The van der Waals surface area contributed by atoms with Gasteiger partial charge in [-0.15, -0.1) is 0 Å². The highest BCUT2D eigenvalue weighted by Crippen LogP contribution is 2.38. The standard InChI is InChI=1S/C29H35ClN6O6/c1-4-25(37)35-17-21(18-35)42-12-9-36-27-19(16-32-29(33-27)31-5-6-34-7-10-41-11-8-34)13-23(28(36)38)22-14-20(39-2)15-24(40-3)26(22)30/h4,13-16,21H,1,5-12,17-18H2,2-3H3,(H,31,32,33). The van der Waals surface area contributed by atoms with Crippen LogP contribution in [0, 0.1) is 0 Å². The molecule has 0 spiro atoms. The fourth-order valence-electron chi connectivity index (χ4n) is 4.99. The maximum absolute atomic E-state index is 14.0. The Morgan fingerprint density at radius 1 is 1.17 bits per heavy atom. The molecule has 13 heteroatoms. The molecule has 2 aromatic heterocycles. The average molecular weight is 599 g/mol. The maximum Gasteiger partial charge on any atom is 0.260 e. The van der Waals surface area contributed by atoms with Gasteiger partial charge < -0.3 is 29.2 Å². The molecule has 2 fully saturated rings. The van der Waals surface area contributed by atoms with E-state index in [2.05, 4.69) is 21.8 Å². The number of likely N-dealkylation sites (tertiary alicyclic amines) is 1. The minimum atomic E-state index is -0.293. The number of halogens is 1. The lowest BCUT2D eigenvalue weighted by Gasteiger charge is -2.38. The van der Waals surface area contributed by atoms with Crippen molar-refractivity contribution >= 4 is 34.5 Å². The second-order valence-electron chi connectivity index (χ2n) is 10.00. The first-order chi connectivity index (χ1) is 20.4. The summed E-state index contributed by atoms with van der Waals surface area (Å²) in [5.41, 5.74) is 1.00. The molecule has 2 saturated heterocycles. The lowest BCUT2D eigenvalue weighted by molar-refractivity contribution is -0.139. The van der Waals surface area contributed by atoms with E-state index in [1.807, 2.05) is 0 Å². The van der Waals surface area contributed by atoms with Gasteiger partial charge in [-0.3, -0.25) is 19.1 Å². The summed E-state index contributed by atoms with van der Waals surface area (Å²) in [6, 6.07) is 5.10. The van der Waals surface area contributed by atoms with Crippen molar-refractivity contribution in [3.8, 4) is 22.6 Å². The number of rotatable bonds is 12. The number of morpholine rings is 1. The monoisotopic (exact) mass is 598 g/mol. The Kier molecular flexibility index (Phi) is 9.58. The van der Waals surface area contributed by atoms with E-state index in [1.165, 1.54) is 20.3 Å². The summed E-state index contributed by atoms with van der Waals surface area (Å²) in [7, 11) is 3.04. The normalized spacial score (nSPS) is 15.8. The third-order valence-electron chi connectivity index (χ3n) is 7.40. The Morgan fingerprint density at radius 2 is 1.95 bits per heavy atom. The van der Waals surface area contributed by atoms with Gasteiger partial charge in [-0.05, 0) is 18.2 Å². The van der Waals surface area contributed by atoms with E-state index in [4.69, 9.17) is 35.5 Å². The smallest absolute Gasteiger partial charge is 0.260 e. The van der Waals surface area contributed by atoms with Gasteiger partial charge in [-0.25, -0.2) is 4.98 Å². The van der Waals surface area contributed by atoms with E-state index in [-0.39, 0.29) is 30.7 Å². The van der Waals surface area contributed by atoms with Crippen molar-refractivity contribution in [2.45, 2.75) is 12.6 Å². The van der Waals surface area contributed by atoms with Gasteiger partial charge in [0.2, 0.25) is 11.9 Å². The molecule has 12 nitrogen and oxygen atoms in total. The number of aromatic nitrogens is 3. The topological polar surface area (TPSA) is 120 Å². The number of hydrogen-bond donors (Lipinski definition) is 1. The number of anilines is 1. The van der Waals surface area contributed by atoms with Crippen LogP contribution in [0.3, 0.4) is 0 Å². The molecule has 0 atom stereocenters. The molecule has 0 unspecified atom stereocenters. The number of fused-ring (bicyclic) bond motifs is 1. The summed E-state index contributed by atoms with van der Waals surface area (Å²) in [6.45, 7) is 9.69. The van der Waals surface area contributed by atoms with Crippen molar-refractivity contribution in [3.05, 3.63) is 52.4 Å². The van der Waals surface area contributed by atoms with E-state index in [0.29, 0.717) is 64.3 Å². The van der Waals surface area contributed by atoms with E-state index < -0.39 is 0 Å². The number of ether oxygens (including phenoxy) is 4. The molecule has 0 saturated carbocycles. The van der Waals surface area contributed by atoms with E-state index in [0.717, 1.165) is 32.8 Å². The van der Waals surface area contributed by atoms with Gasteiger partial charge >= 0.3 is 0 Å². The van der Waals surface area contributed by atoms with Crippen molar-refractivity contribution < 1.29 is 23.7 Å². The predicted molar refractivity (Wildman–Crippen MR) is 160 cm³/mol. The molecule has 1 N–H and O–H groups in total. The van der Waals surface area contributed by atoms with Crippen molar-refractivity contribution in [2.24, 2.45) is 0 Å². The lowest BCUT2D eigenvalue weighted by Crippen LogP contribution is -2.54. The van der Waals surface area contributed by atoms with Crippen molar-refractivity contribution in [1.82, 2.24) is 24.3 Å². The molecule has 42 heavy (non-hydrogen) atoms. The highest BCUT2D eigenvalue weighted by atomic mass is 35.5. The van der Waals surface area contributed by atoms with Crippen molar-refractivity contribution in [3.63, 3.8) is 0 Å². The minimum absolute atomic E-state index is 0.108. The highest BCUT2D eigenvalue weighted by Gasteiger charge is 2.30. The van der Waals surface area contributed by atoms with E-state index >= 15 is 0 Å². The quantitative estimate of drug-likeness (QED) is 0.311. The SMILES string of the molecule is C=CC(=O)N1CC(OCCn2c(=O)c(-c3cc(OC)cc(OC)c3Cl)cc3cnc(NCCN4CCOCC4)nc32)C1. The van der Waals surface area contributed by atoms with Crippen molar-refractivity contribution in [1.29, 1.82) is 0 Å². The number of nitrogens with zero attached hydrogens (tertiary/aromatic N) is 5. The molecule has 2 aliphatic rings. The summed E-state index contributed by atoms with van der Waals surface area (Å²) >= 11 is 6.67. The first-order valence-electron chi connectivity index (χ1n) is 13.8. The van der Waals surface area contributed by atoms with Crippen LogP contribution in [0.5, 0.6) is 11.5 Å². The Balaban J connectivity index is 1.43. The van der Waals surface area contributed by atoms with Gasteiger partial charge in [0, 0.05) is 68.0 Å². The number of methoxy groups -OCH3 is 2. The molecular formula is C29H35ClN6O6. The van der Waals surface area contributed by atoms with Gasteiger partial charge in [0.05, 0.1) is 51.7 Å². The van der Waals surface area contributed by atoms with Gasteiger partial charge in [0.25, 0.3) is 5.56 Å². The molecular weight excluding hydrogens is 564 g/mol. The van der Waals surface area contributed by atoms with Crippen LogP contribution in [0.2, 0.25) is 5.02 Å². The van der Waals surface area contributed by atoms with Gasteiger partial charge in [0.15, 0.2) is 0 Å². The van der Waals surface area contributed by atoms with Crippen LogP contribution in [-0.2, 0) is 20.8 Å². The summed E-state index contributed by atoms with van der Waals surface area (Å²) < 4.78 is 23.8. The predicted octanol–water partition coefficient (Wildman–Crippen LogP) is 2.29. The Bertz CT molecular complexity index is 1500. The van der Waals surface area contributed by atoms with Crippen LogP contribution in [0.15, 0.2) is 41.8 Å². The van der Waals surface area contributed by atoms with Gasteiger partial charge in [-0.2, -0.15) is 4.98 Å². The number of nitrogens with one attached hydrogen (secondary N) is 1. The molecule has 5 rings (SSSR count). The number of pyridine rings is 1. The van der Waals surface area contributed by atoms with Crippen molar-refractivity contribution in [2.75, 3.05) is 78.6 Å². The molecule has 224 valence electrons. The second kappa shape index (κ2) is 13.5. The zero-order valence-corrected chi connectivity index (χ0v) is 24.6. The van der Waals surface area contributed by atoms with Crippen LogP contribution < -0.4 is 20.3 Å². The first kappa shape index (κ1) is 29.8. The number of benzene rings is 1. The molecule has 2 aliphatic heterocycles. The summed E-state index contributed by atoms with van der Waals surface area (Å²) in [5, 5.41) is 4.23. The Hall–Kier alpha value is -3.71. The van der Waals surface area contributed by atoms with Crippen LogP contribution in [0.1, 0.15) is 0 Å². The van der Waals surface area contributed by atoms with Crippen LogP contribution >= 0.6 is 11.6 Å². The molecule has 1 aromatic carbocycles. The zero-order chi connectivity index (χ0) is 29.6. The fraction of sp³-hybridized carbons (Fsp3) is 0.448. The fourth-order valence-corrected chi connectivity index (χ4v) is 5.28. The number of carbonyl (C=O) groups excluding carboxylic acids is 1. The maximum atomic E-state index is 14.0. The average Bonchev–Trinajstić information content (AvgIpc) is 2.99. The first-order valence-corrected chi connectivity index (χ1v) is 14.2. The molecule has 1 amide bonds. The van der Waals surface area contributed by atoms with Gasteiger partial charge in [0.1, 0.15) is 17.1 Å². The van der Waals surface area contributed by atoms with Crippen LogP contribution in [-0.4, -0.2) is 110 Å². The Labute approximate surface area is 248 Å². The third-order valence-corrected chi connectivity index (χ3v) is 7.79. The number of carbonyl (C=O) groups is 1. The zero-order valence-electron chi connectivity index (χ0n) is 23.8. The lowest BCUT2D eigenvalue weighted by atomic mass is 10.0. The summed E-state index contributed by atoms with van der Waals surface area (Å²) in [6.07, 6.45) is 2.87. The molecule has 4 heterocycles. The van der Waals surface area contributed by atoms with Gasteiger partial charge in [-0.1, -0.05) is 18.2 Å². The van der Waals surface area contributed by atoms with E-state index in [9.17, 15) is 9.59 Å². The third kappa shape index (κ3) is 6.51. The minimum Gasteiger partial charge on any atom is -0.497 e. The second-order valence-corrected chi connectivity index (χ2v) is 10.4. The highest BCUT2D eigenvalue weighted by molar-refractivity contribution is 6.35. The summed E-state index contributed by atoms with van der Waals surface area (Å²) in [4.78, 5) is 39.0.